The van der Waals surface area contributed by atoms with Crippen molar-refractivity contribution in [3.05, 3.63) is 35.6 Å². The summed E-state index contributed by atoms with van der Waals surface area (Å²) in [6, 6.07) is 5.44. The summed E-state index contributed by atoms with van der Waals surface area (Å²) in [6.07, 6.45) is 0. The lowest BCUT2D eigenvalue weighted by Gasteiger charge is -2.08. The van der Waals surface area contributed by atoms with Gasteiger partial charge in [-0.25, -0.2) is 4.39 Å². The molecule has 0 saturated carbocycles. The van der Waals surface area contributed by atoms with E-state index in [0.29, 0.717) is 6.54 Å². The first-order valence-electron chi connectivity index (χ1n) is 4.30. The van der Waals surface area contributed by atoms with E-state index in [9.17, 15) is 9.18 Å². The van der Waals surface area contributed by atoms with E-state index < -0.39 is 12.0 Å². The molecule has 0 saturated heterocycles. The molecule has 4 heteroatoms. The average Bonchev–Trinajstić information content (AvgIpc) is 2.14. The first-order valence-corrected chi connectivity index (χ1v) is 4.30. The molecule has 1 aromatic carbocycles. The number of hydrogen-bond donors (Lipinski definition) is 2. The Labute approximate surface area is 81.6 Å². The minimum absolute atomic E-state index is 0.313. The Morgan fingerprint density at radius 3 is 2.93 bits per heavy atom. The summed E-state index contributed by atoms with van der Waals surface area (Å²) in [5.74, 6) is -1.23. The summed E-state index contributed by atoms with van der Waals surface area (Å²) in [7, 11) is 0. The third-order valence-corrected chi connectivity index (χ3v) is 1.87. The second kappa shape index (κ2) is 4.72. The number of carboxylic acids is 1. The number of carboxylic acid groups (broad SMARTS) is 1. The van der Waals surface area contributed by atoms with Crippen LogP contribution < -0.4 is 5.32 Å². The summed E-state index contributed by atoms with van der Waals surface area (Å²) in [4.78, 5) is 10.5. The molecule has 3 nitrogen and oxygen atoms in total. The molecule has 1 aromatic rings. The van der Waals surface area contributed by atoms with Crippen molar-refractivity contribution in [1.82, 2.24) is 5.32 Å². The highest BCUT2D eigenvalue weighted by Crippen LogP contribution is 2.03. The lowest BCUT2D eigenvalue weighted by molar-refractivity contribution is -0.139. The normalized spacial score (nSPS) is 12.4. The molecule has 0 radical (unpaired) electrons. The van der Waals surface area contributed by atoms with Gasteiger partial charge in [0.15, 0.2) is 0 Å². The van der Waals surface area contributed by atoms with Crippen molar-refractivity contribution >= 4 is 5.97 Å². The zero-order chi connectivity index (χ0) is 10.6. The van der Waals surface area contributed by atoms with E-state index in [1.54, 1.807) is 19.1 Å². The second-order valence-corrected chi connectivity index (χ2v) is 3.07. The van der Waals surface area contributed by atoms with E-state index in [2.05, 4.69) is 5.32 Å². The van der Waals surface area contributed by atoms with Crippen LogP contribution in [0.15, 0.2) is 24.3 Å². The molecule has 14 heavy (non-hydrogen) atoms. The molecule has 1 atom stereocenters. The third kappa shape index (κ3) is 3.14. The standard InChI is InChI=1S/C10H12FNO2/c1-7(10(13)14)12-6-8-3-2-4-9(11)5-8/h2-5,7,12H,6H2,1H3,(H,13,14). The molecular formula is C10H12FNO2. The van der Waals surface area contributed by atoms with Crippen LogP contribution in [0, 0.1) is 5.82 Å². The zero-order valence-electron chi connectivity index (χ0n) is 7.83. The van der Waals surface area contributed by atoms with Gasteiger partial charge in [-0.2, -0.15) is 0 Å². The molecule has 0 fully saturated rings. The zero-order valence-corrected chi connectivity index (χ0v) is 7.83. The molecular weight excluding hydrogens is 185 g/mol. The number of carbonyl (C=O) groups is 1. The fraction of sp³-hybridized carbons (Fsp3) is 0.300. The maximum Gasteiger partial charge on any atom is 0.320 e. The highest BCUT2D eigenvalue weighted by Gasteiger charge is 2.08. The Morgan fingerprint density at radius 2 is 2.36 bits per heavy atom. The number of rotatable bonds is 4. The quantitative estimate of drug-likeness (QED) is 0.766. The van der Waals surface area contributed by atoms with Crippen LogP contribution in [0.1, 0.15) is 12.5 Å². The Kier molecular flexibility index (Phi) is 3.59. The number of nitrogens with one attached hydrogen (secondary N) is 1. The van der Waals surface area contributed by atoms with Crippen molar-refractivity contribution in [1.29, 1.82) is 0 Å². The molecule has 0 heterocycles. The molecule has 0 amide bonds. The van der Waals surface area contributed by atoms with Crippen LogP contribution in [0.3, 0.4) is 0 Å². The summed E-state index contributed by atoms with van der Waals surface area (Å²) in [6.45, 7) is 1.90. The van der Waals surface area contributed by atoms with Crippen LogP contribution in [-0.4, -0.2) is 17.1 Å². The van der Waals surface area contributed by atoms with Gasteiger partial charge in [-0.05, 0) is 24.6 Å². The molecule has 0 bridgehead atoms. The van der Waals surface area contributed by atoms with E-state index in [1.807, 2.05) is 0 Å². The summed E-state index contributed by atoms with van der Waals surface area (Å²) in [5, 5.41) is 11.3. The average molecular weight is 197 g/mol. The molecule has 1 rings (SSSR count). The van der Waals surface area contributed by atoms with Gasteiger partial charge in [0.25, 0.3) is 0 Å². The van der Waals surface area contributed by atoms with Crippen LogP contribution in [0.5, 0.6) is 0 Å². The van der Waals surface area contributed by atoms with Gasteiger partial charge >= 0.3 is 5.97 Å². The van der Waals surface area contributed by atoms with Crippen LogP contribution in [-0.2, 0) is 11.3 Å². The first-order chi connectivity index (χ1) is 6.59. The predicted molar refractivity (Wildman–Crippen MR) is 50.3 cm³/mol. The Balaban J connectivity index is 2.49. The van der Waals surface area contributed by atoms with Gasteiger partial charge in [0.2, 0.25) is 0 Å². The predicted octanol–water partition coefficient (Wildman–Crippen LogP) is 1.39. The van der Waals surface area contributed by atoms with Crippen LogP contribution in [0.4, 0.5) is 4.39 Å². The van der Waals surface area contributed by atoms with E-state index >= 15 is 0 Å². The molecule has 0 aliphatic carbocycles. The first kappa shape index (κ1) is 10.7. The van der Waals surface area contributed by atoms with E-state index in [4.69, 9.17) is 5.11 Å². The number of halogens is 1. The van der Waals surface area contributed by atoms with Crippen molar-refractivity contribution in [2.75, 3.05) is 0 Å². The smallest absolute Gasteiger partial charge is 0.320 e. The third-order valence-electron chi connectivity index (χ3n) is 1.87. The van der Waals surface area contributed by atoms with E-state index in [-0.39, 0.29) is 5.82 Å². The molecule has 2 N–H and O–H groups in total. The fourth-order valence-corrected chi connectivity index (χ4v) is 1.01. The summed E-state index contributed by atoms with van der Waals surface area (Å²) < 4.78 is 12.7. The van der Waals surface area contributed by atoms with Crippen molar-refractivity contribution in [2.24, 2.45) is 0 Å². The van der Waals surface area contributed by atoms with Crippen LogP contribution >= 0.6 is 0 Å². The monoisotopic (exact) mass is 197 g/mol. The number of hydrogen-bond acceptors (Lipinski definition) is 2. The molecule has 0 aromatic heterocycles. The Bertz CT molecular complexity index is 328. The molecule has 76 valence electrons. The Hall–Kier alpha value is -1.42. The van der Waals surface area contributed by atoms with Crippen molar-refractivity contribution in [3.8, 4) is 0 Å². The van der Waals surface area contributed by atoms with Gasteiger partial charge < -0.3 is 10.4 Å². The fourth-order valence-electron chi connectivity index (χ4n) is 1.01. The van der Waals surface area contributed by atoms with E-state index in [0.717, 1.165) is 5.56 Å². The van der Waals surface area contributed by atoms with Crippen LogP contribution in [0.25, 0.3) is 0 Å². The van der Waals surface area contributed by atoms with Gasteiger partial charge in [0.05, 0.1) is 0 Å². The lowest BCUT2D eigenvalue weighted by Crippen LogP contribution is -2.33. The minimum Gasteiger partial charge on any atom is -0.480 e. The lowest BCUT2D eigenvalue weighted by atomic mass is 10.2. The van der Waals surface area contributed by atoms with Gasteiger partial charge in [-0.1, -0.05) is 12.1 Å². The minimum atomic E-state index is -0.915. The number of aliphatic carboxylic acids is 1. The maximum atomic E-state index is 12.7. The van der Waals surface area contributed by atoms with Crippen LogP contribution in [0.2, 0.25) is 0 Å². The van der Waals surface area contributed by atoms with Crippen molar-refractivity contribution in [2.45, 2.75) is 19.5 Å². The van der Waals surface area contributed by atoms with Crippen molar-refractivity contribution < 1.29 is 14.3 Å². The van der Waals surface area contributed by atoms with E-state index in [1.165, 1.54) is 12.1 Å². The highest BCUT2D eigenvalue weighted by molar-refractivity contribution is 5.72. The topological polar surface area (TPSA) is 49.3 Å². The SMILES string of the molecule is CC(NCc1cccc(F)c1)C(=O)O. The molecule has 0 aliphatic heterocycles. The maximum absolute atomic E-state index is 12.7. The Morgan fingerprint density at radius 1 is 1.64 bits per heavy atom. The van der Waals surface area contributed by atoms with Gasteiger partial charge in [0, 0.05) is 6.54 Å². The molecule has 0 spiro atoms. The van der Waals surface area contributed by atoms with Gasteiger partial charge in [0.1, 0.15) is 11.9 Å². The van der Waals surface area contributed by atoms with Crippen molar-refractivity contribution in [3.63, 3.8) is 0 Å². The summed E-state index contributed by atoms with van der Waals surface area (Å²) >= 11 is 0. The van der Waals surface area contributed by atoms with Gasteiger partial charge in [-0.15, -0.1) is 0 Å². The number of benzene rings is 1. The highest BCUT2D eigenvalue weighted by atomic mass is 19.1. The molecule has 0 aliphatic rings. The second-order valence-electron chi connectivity index (χ2n) is 3.07. The van der Waals surface area contributed by atoms with Gasteiger partial charge in [-0.3, -0.25) is 4.79 Å². The summed E-state index contributed by atoms with van der Waals surface area (Å²) in [5.41, 5.74) is 0.734. The molecule has 1 unspecified atom stereocenters. The largest absolute Gasteiger partial charge is 0.480 e.